The summed E-state index contributed by atoms with van der Waals surface area (Å²) in [5, 5.41) is 0. The Kier molecular flexibility index (Phi) is 3.91. The Hall–Kier alpha value is -1.72. The van der Waals surface area contributed by atoms with Crippen LogP contribution in [-0.4, -0.2) is 40.9 Å². The SMILES string of the molecule is Cn1cccc1C1COCCN1C(=O)C1CSc2ccccc21. The summed E-state index contributed by atoms with van der Waals surface area (Å²) in [6.45, 7) is 1.86. The summed E-state index contributed by atoms with van der Waals surface area (Å²) in [4.78, 5) is 16.5. The maximum absolute atomic E-state index is 13.2. The maximum atomic E-state index is 13.2. The Bertz CT molecular complexity index is 727. The van der Waals surface area contributed by atoms with E-state index in [9.17, 15) is 4.79 Å². The molecule has 3 heterocycles. The summed E-state index contributed by atoms with van der Waals surface area (Å²) in [5.74, 6) is 1.05. The lowest BCUT2D eigenvalue weighted by Gasteiger charge is -2.37. The topological polar surface area (TPSA) is 34.5 Å². The van der Waals surface area contributed by atoms with Gasteiger partial charge in [-0.25, -0.2) is 0 Å². The molecule has 1 amide bonds. The minimum absolute atomic E-state index is 0.00834. The molecule has 2 aliphatic heterocycles. The van der Waals surface area contributed by atoms with Gasteiger partial charge in [0.1, 0.15) is 0 Å². The van der Waals surface area contributed by atoms with Gasteiger partial charge in [-0.15, -0.1) is 11.8 Å². The molecule has 0 aliphatic carbocycles. The molecule has 2 aromatic rings. The van der Waals surface area contributed by atoms with Crippen molar-refractivity contribution >= 4 is 17.7 Å². The van der Waals surface area contributed by atoms with Gasteiger partial charge < -0.3 is 14.2 Å². The zero-order chi connectivity index (χ0) is 15.8. The minimum atomic E-state index is -0.0305. The zero-order valence-electron chi connectivity index (χ0n) is 13.1. The third-order valence-corrected chi connectivity index (χ3v) is 5.92. The Balaban J connectivity index is 1.63. The third kappa shape index (κ3) is 2.58. The Morgan fingerprint density at radius 2 is 2.13 bits per heavy atom. The number of ether oxygens (including phenoxy) is 1. The van der Waals surface area contributed by atoms with E-state index in [2.05, 4.69) is 22.8 Å². The third-order valence-electron chi connectivity index (χ3n) is 4.73. The molecule has 0 N–H and O–H groups in total. The van der Waals surface area contributed by atoms with Crippen molar-refractivity contribution in [3.8, 4) is 0 Å². The molecule has 1 aromatic heterocycles. The van der Waals surface area contributed by atoms with Crippen LogP contribution in [0.1, 0.15) is 23.2 Å². The van der Waals surface area contributed by atoms with E-state index in [-0.39, 0.29) is 17.9 Å². The number of rotatable bonds is 2. The summed E-state index contributed by atoms with van der Waals surface area (Å²) in [6, 6.07) is 12.4. The van der Waals surface area contributed by atoms with E-state index in [4.69, 9.17) is 4.74 Å². The smallest absolute Gasteiger partial charge is 0.231 e. The summed E-state index contributed by atoms with van der Waals surface area (Å²) >= 11 is 1.79. The van der Waals surface area contributed by atoms with Crippen molar-refractivity contribution in [1.82, 2.24) is 9.47 Å². The number of amides is 1. The van der Waals surface area contributed by atoms with Gasteiger partial charge in [0.25, 0.3) is 0 Å². The number of nitrogens with zero attached hydrogens (tertiary/aromatic N) is 2. The van der Waals surface area contributed by atoms with Crippen molar-refractivity contribution in [1.29, 1.82) is 0 Å². The zero-order valence-corrected chi connectivity index (χ0v) is 14.0. The number of benzene rings is 1. The van der Waals surface area contributed by atoms with Crippen molar-refractivity contribution in [2.24, 2.45) is 7.05 Å². The lowest BCUT2D eigenvalue weighted by Crippen LogP contribution is -2.46. The first-order valence-electron chi connectivity index (χ1n) is 7.97. The number of carbonyl (C=O) groups excluding carboxylic acids is 1. The van der Waals surface area contributed by atoms with Gasteiger partial charge in [-0.3, -0.25) is 4.79 Å². The first-order valence-corrected chi connectivity index (χ1v) is 8.95. The molecule has 2 atom stereocenters. The van der Waals surface area contributed by atoms with Crippen LogP contribution in [0.3, 0.4) is 0 Å². The second kappa shape index (κ2) is 6.06. The largest absolute Gasteiger partial charge is 0.377 e. The van der Waals surface area contributed by atoms with E-state index in [1.165, 1.54) is 10.5 Å². The standard InChI is InChI=1S/C18H20N2O2S/c1-19-8-4-6-15(19)16-11-22-10-9-20(16)18(21)14-12-23-17-7-3-2-5-13(14)17/h2-8,14,16H,9-12H2,1H3. The van der Waals surface area contributed by atoms with E-state index < -0.39 is 0 Å². The van der Waals surface area contributed by atoms with Gasteiger partial charge in [0.15, 0.2) is 0 Å². The fourth-order valence-corrected chi connectivity index (χ4v) is 4.72. The van der Waals surface area contributed by atoms with Crippen molar-refractivity contribution in [3.63, 3.8) is 0 Å². The quantitative estimate of drug-likeness (QED) is 0.850. The van der Waals surface area contributed by atoms with E-state index in [0.717, 1.165) is 11.4 Å². The molecule has 1 aromatic carbocycles. The van der Waals surface area contributed by atoms with E-state index in [1.807, 2.05) is 36.3 Å². The van der Waals surface area contributed by atoms with Crippen LogP contribution in [-0.2, 0) is 16.6 Å². The van der Waals surface area contributed by atoms with Gasteiger partial charge in [0.2, 0.25) is 5.91 Å². The molecule has 4 nitrogen and oxygen atoms in total. The molecule has 23 heavy (non-hydrogen) atoms. The van der Waals surface area contributed by atoms with Gasteiger partial charge in [-0.1, -0.05) is 18.2 Å². The van der Waals surface area contributed by atoms with Gasteiger partial charge in [-0.2, -0.15) is 0 Å². The predicted molar refractivity (Wildman–Crippen MR) is 90.6 cm³/mol. The molecule has 4 rings (SSSR count). The molecule has 0 saturated carbocycles. The summed E-state index contributed by atoms with van der Waals surface area (Å²) in [6.07, 6.45) is 2.02. The van der Waals surface area contributed by atoms with Gasteiger partial charge in [0, 0.05) is 36.1 Å². The van der Waals surface area contributed by atoms with E-state index in [1.54, 1.807) is 11.8 Å². The highest BCUT2D eigenvalue weighted by molar-refractivity contribution is 7.99. The molecule has 1 saturated heterocycles. The number of aromatic nitrogens is 1. The van der Waals surface area contributed by atoms with Crippen LogP contribution in [0, 0.1) is 0 Å². The van der Waals surface area contributed by atoms with Crippen LogP contribution in [0.2, 0.25) is 0 Å². The minimum Gasteiger partial charge on any atom is -0.377 e. The van der Waals surface area contributed by atoms with Gasteiger partial charge in [0.05, 0.1) is 25.2 Å². The molecule has 120 valence electrons. The molecule has 0 bridgehead atoms. The highest BCUT2D eigenvalue weighted by atomic mass is 32.2. The number of hydrogen-bond acceptors (Lipinski definition) is 3. The number of carbonyl (C=O) groups is 1. The fourth-order valence-electron chi connectivity index (χ4n) is 3.50. The average Bonchev–Trinajstić information content (AvgIpc) is 3.20. The Labute approximate surface area is 140 Å². The molecule has 5 heteroatoms. The predicted octanol–water partition coefficient (Wildman–Crippen LogP) is 2.81. The monoisotopic (exact) mass is 328 g/mol. The lowest BCUT2D eigenvalue weighted by molar-refractivity contribution is -0.141. The molecular formula is C18H20N2O2S. The number of hydrogen-bond donors (Lipinski definition) is 0. The van der Waals surface area contributed by atoms with Crippen LogP contribution in [0.25, 0.3) is 0 Å². The number of fused-ring (bicyclic) bond motifs is 1. The maximum Gasteiger partial charge on any atom is 0.231 e. The lowest BCUT2D eigenvalue weighted by atomic mass is 9.98. The fraction of sp³-hybridized carbons (Fsp3) is 0.389. The van der Waals surface area contributed by atoms with Crippen LogP contribution in [0.15, 0.2) is 47.5 Å². The van der Waals surface area contributed by atoms with Crippen LogP contribution < -0.4 is 0 Å². The highest BCUT2D eigenvalue weighted by Crippen LogP contribution is 2.41. The first kappa shape index (κ1) is 14.8. The first-order chi connectivity index (χ1) is 11.3. The van der Waals surface area contributed by atoms with Crippen molar-refractivity contribution in [3.05, 3.63) is 53.9 Å². The molecule has 2 aliphatic rings. The Morgan fingerprint density at radius 1 is 1.26 bits per heavy atom. The second-order valence-electron chi connectivity index (χ2n) is 6.07. The molecular weight excluding hydrogens is 308 g/mol. The van der Waals surface area contributed by atoms with Crippen molar-refractivity contribution in [2.45, 2.75) is 16.9 Å². The van der Waals surface area contributed by atoms with E-state index in [0.29, 0.717) is 19.8 Å². The molecule has 0 spiro atoms. The van der Waals surface area contributed by atoms with E-state index >= 15 is 0 Å². The van der Waals surface area contributed by atoms with Gasteiger partial charge in [-0.05, 0) is 23.8 Å². The number of thioether (sulfide) groups is 1. The van der Waals surface area contributed by atoms with Crippen LogP contribution in [0.4, 0.5) is 0 Å². The summed E-state index contributed by atoms with van der Waals surface area (Å²) < 4.78 is 7.74. The highest BCUT2D eigenvalue weighted by Gasteiger charge is 2.37. The molecule has 0 radical (unpaired) electrons. The van der Waals surface area contributed by atoms with Crippen LogP contribution in [0.5, 0.6) is 0 Å². The second-order valence-corrected chi connectivity index (χ2v) is 7.13. The Morgan fingerprint density at radius 3 is 2.96 bits per heavy atom. The van der Waals surface area contributed by atoms with Gasteiger partial charge >= 0.3 is 0 Å². The summed E-state index contributed by atoms with van der Waals surface area (Å²) in [5.41, 5.74) is 2.32. The number of aryl methyl sites for hydroxylation is 1. The van der Waals surface area contributed by atoms with Crippen LogP contribution >= 0.6 is 11.8 Å². The van der Waals surface area contributed by atoms with Crippen molar-refractivity contribution in [2.75, 3.05) is 25.5 Å². The normalized spacial score (nSPS) is 23.8. The van der Waals surface area contributed by atoms with Crippen molar-refractivity contribution < 1.29 is 9.53 Å². The molecule has 1 fully saturated rings. The average molecular weight is 328 g/mol. The number of morpholine rings is 1. The summed E-state index contributed by atoms with van der Waals surface area (Å²) in [7, 11) is 2.02. The molecule has 2 unspecified atom stereocenters.